The van der Waals surface area contributed by atoms with E-state index in [0.29, 0.717) is 0 Å². The first-order chi connectivity index (χ1) is 14.9. The van der Waals surface area contributed by atoms with Crippen molar-refractivity contribution >= 4 is 28.6 Å². The first-order valence-electron chi connectivity index (χ1n) is 8.94. The molecular formula is C19H16F2N8O2. The minimum absolute atomic E-state index is 0.0479. The Morgan fingerprint density at radius 2 is 1.97 bits per heavy atom. The van der Waals surface area contributed by atoms with Crippen LogP contribution in [0.5, 0.6) is 5.75 Å². The molecule has 1 aromatic carbocycles. The van der Waals surface area contributed by atoms with Gasteiger partial charge in [0.2, 0.25) is 5.75 Å². The average molecular weight is 426 g/mol. The highest BCUT2D eigenvalue weighted by molar-refractivity contribution is 5.92. The van der Waals surface area contributed by atoms with Gasteiger partial charge >= 0.3 is 6.09 Å². The Morgan fingerprint density at radius 1 is 1.23 bits per heavy atom. The van der Waals surface area contributed by atoms with Crippen LogP contribution in [0.2, 0.25) is 0 Å². The average Bonchev–Trinajstić information content (AvgIpc) is 3.09. The molecule has 0 atom stereocenters. The van der Waals surface area contributed by atoms with Gasteiger partial charge in [-0.15, -0.1) is 0 Å². The maximum absolute atomic E-state index is 14.7. The summed E-state index contributed by atoms with van der Waals surface area (Å²) in [7, 11) is 1.36. The van der Waals surface area contributed by atoms with Crippen LogP contribution < -0.4 is 21.5 Å². The maximum Gasteiger partial charge on any atom is 0.412 e. The third-order valence-corrected chi connectivity index (χ3v) is 4.35. The maximum atomic E-state index is 14.7. The first kappa shape index (κ1) is 19.9. The number of hydrogen-bond donors (Lipinski definition) is 3. The first-order valence-corrected chi connectivity index (χ1v) is 8.94. The largest absolute Gasteiger partial charge is 0.412 e. The number of carbonyl (C=O) groups excluding carboxylic acids is 1. The van der Waals surface area contributed by atoms with E-state index in [0.717, 1.165) is 17.7 Å². The number of nitrogens with two attached hydrogens (primary N) is 2. The quantitative estimate of drug-likeness (QED) is 0.449. The highest BCUT2D eigenvalue weighted by Gasteiger charge is 2.22. The summed E-state index contributed by atoms with van der Waals surface area (Å²) in [5.41, 5.74) is 12.6. The van der Waals surface area contributed by atoms with Gasteiger partial charge in [-0.2, -0.15) is 5.10 Å². The summed E-state index contributed by atoms with van der Waals surface area (Å²) in [4.78, 5) is 23.6. The SMILES string of the molecule is CNC(=O)Oc1c(N)nc(-c2nn(Cc3cccnc3)c3c(F)cc(F)cc23)nc1N. The lowest BCUT2D eigenvalue weighted by atomic mass is 10.2. The van der Waals surface area contributed by atoms with Crippen molar-refractivity contribution < 1.29 is 18.3 Å². The summed E-state index contributed by atoms with van der Waals surface area (Å²) in [6.45, 7) is 0.162. The Balaban J connectivity index is 1.87. The fraction of sp³-hybridized carbons (Fsp3) is 0.105. The molecule has 0 aliphatic heterocycles. The third kappa shape index (κ3) is 3.77. The number of nitrogen functional groups attached to an aromatic ring is 2. The number of hydrogen-bond acceptors (Lipinski definition) is 8. The van der Waals surface area contributed by atoms with E-state index in [-0.39, 0.29) is 46.4 Å². The van der Waals surface area contributed by atoms with Crippen molar-refractivity contribution in [1.82, 2.24) is 30.0 Å². The number of fused-ring (bicyclic) bond motifs is 1. The molecule has 0 unspecified atom stereocenters. The van der Waals surface area contributed by atoms with Gasteiger partial charge in [0.15, 0.2) is 23.3 Å². The van der Waals surface area contributed by atoms with Crippen molar-refractivity contribution in [2.45, 2.75) is 6.54 Å². The molecular weight excluding hydrogens is 410 g/mol. The number of nitrogens with zero attached hydrogens (tertiary/aromatic N) is 5. The van der Waals surface area contributed by atoms with E-state index in [1.54, 1.807) is 24.5 Å². The van der Waals surface area contributed by atoms with Gasteiger partial charge in [-0.25, -0.2) is 23.5 Å². The van der Waals surface area contributed by atoms with E-state index in [9.17, 15) is 13.6 Å². The lowest BCUT2D eigenvalue weighted by Crippen LogP contribution is -2.23. The van der Waals surface area contributed by atoms with Crippen LogP contribution in [0.4, 0.5) is 25.2 Å². The summed E-state index contributed by atoms with van der Waals surface area (Å²) in [6.07, 6.45) is 2.39. The normalized spacial score (nSPS) is 10.9. The van der Waals surface area contributed by atoms with Crippen LogP contribution in [-0.2, 0) is 6.54 Å². The number of ether oxygens (including phenoxy) is 1. The van der Waals surface area contributed by atoms with E-state index in [4.69, 9.17) is 16.2 Å². The molecule has 0 aliphatic carbocycles. The van der Waals surface area contributed by atoms with Crippen molar-refractivity contribution in [3.63, 3.8) is 0 Å². The van der Waals surface area contributed by atoms with E-state index >= 15 is 0 Å². The van der Waals surface area contributed by atoms with Gasteiger partial charge in [0.25, 0.3) is 0 Å². The molecule has 0 bridgehead atoms. The minimum Gasteiger partial charge on any atom is -0.402 e. The van der Waals surface area contributed by atoms with Gasteiger partial charge in [-0.05, 0) is 17.7 Å². The summed E-state index contributed by atoms with van der Waals surface area (Å²) < 4.78 is 35.0. The Labute approximate surface area is 173 Å². The molecule has 5 N–H and O–H groups in total. The van der Waals surface area contributed by atoms with Crippen LogP contribution in [0.3, 0.4) is 0 Å². The van der Waals surface area contributed by atoms with Crippen LogP contribution in [0.25, 0.3) is 22.4 Å². The van der Waals surface area contributed by atoms with Gasteiger partial charge in [-0.3, -0.25) is 9.67 Å². The standard InChI is InChI=1S/C19H16F2N8O2/c1-24-19(30)31-15-16(22)26-18(27-17(15)23)13-11-5-10(20)6-12(21)14(11)29(28-13)8-9-3-2-4-25-7-9/h2-7H,8H2,1H3,(H,24,30)(H4,22,23,26,27). The number of rotatable bonds is 4. The molecule has 0 radical (unpaired) electrons. The zero-order chi connectivity index (χ0) is 22.1. The number of amides is 1. The van der Waals surface area contributed by atoms with Crippen LogP contribution in [0.15, 0.2) is 36.7 Å². The molecule has 12 heteroatoms. The number of benzene rings is 1. The van der Waals surface area contributed by atoms with Crippen molar-refractivity contribution in [1.29, 1.82) is 0 Å². The van der Waals surface area contributed by atoms with Crippen LogP contribution >= 0.6 is 0 Å². The predicted molar refractivity (Wildman–Crippen MR) is 108 cm³/mol. The molecule has 4 aromatic rings. The summed E-state index contributed by atoms with van der Waals surface area (Å²) >= 11 is 0. The van der Waals surface area contributed by atoms with Gasteiger partial charge < -0.3 is 21.5 Å². The molecule has 3 aromatic heterocycles. The molecule has 0 fully saturated rings. The van der Waals surface area contributed by atoms with Crippen molar-refractivity contribution in [3.05, 3.63) is 53.9 Å². The van der Waals surface area contributed by atoms with Crippen LogP contribution in [0.1, 0.15) is 5.56 Å². The highest BCUT2D eigenvalue weighted by atomic mass is 19.1. The van der Waals surface area contributed by atoms with E-state index in [1.807, 2.05) is 0 Å². The van der Waals surface area contributed by atoms with Crippen LogP contribution in [0, 0.1) is 11.6 Å². The molecule has 0 spiro atoms. The Bertz CT molecular complexity index is 1270. The van der Waals surface area contributed by atoms with Crippen LogP contribution in [-0.4, -0.2) is 37.9 Å². The Morgan fingerprint density at radius 3 is 2.61 bits per heavy atom. The number of pyridine rings is 1. The van der Waals surface area contributed by atoms with E-state index in [1.165, 1.54) is 11.7 Å². The predicted octanol–water partition coefficient (Wildman–Crippen LogP) is 2.10. The van der Waals surface area contributed by atoms with Gasteiger partial charge in [-0.1, -0.05) is 6.07 Å². The third-order valence-electron chi connectivity index (χ3n) is 4.35. The highest BCUT2D eigenvalue weighted by Crippen LogP contribution is 2.33. The molecule has 1 amide bonds. The molecule has 10 nitrogen and oxygen atoms in total. The van der Waals surface area contributed by atoms with Crippen molar-refractivity contribution in [2.75, 3.05) is 18.5 Å². The van der Waals surface area contributed by atoms with Gasteiger partial charge in [0, 0.05) is 30.9 Å². The smallest absolute Gasteiger partial charge is 0.402 e. The monoisotopic (exact) mass is 426 g/mol. The zero-order valence-corrected chi connectivity index (χ0v) is 16.1. The van der Waals surface area contributed by atoms with Gasteiger partial charge in [0.05, 0.1) is 6.54 Å². The zero-order valence-electron chi connectivity index (χ0n) is 16.1. The summed E-state index contributed by atoms with van der Waals surface area (Å²) in [6, 6.07) is 5.40. The summed E-state index contributed by atoms with van der Waals surface area (Å²) in [5, 5.41) is 6.74. The minimum atomic E-state index is -0.815. The number of anilines is 2. The summed E-state index contributed by atoms with van der Waals surface area (Å²) in [5.74, 6) is -2.40. The van der Waals surface area contributed by atoms with E-state index in [2.05, 4.69) is 25.4 Å². The van der Waals surface area contributed by atoms with Crippen molar-refractivity contribution in [3.8, 4) is 17.3 Å². The lowest BCUT2D eigenvalue weighted by Gasteiger charge is -2.09. The molecule has 0 saturated carbocycles. The number of carbonyl (C=O) groups is 1. The molecule has 0 saturated heterocycles. The Kier molecular flexibility index (Phi) is 5.03. The van der Waals surface area contributed by atoms with Crippen molar-refractivity contribution in [2.24, 2.45) is 0 Å². The number of halogens is 2. The molecule has 4 rings (SSSR count). The fourth-order valence-electron chi connectivity index (χ4n) is 3.02. The molecule has 0 aliphatic rings. The van der Waals surface area contributed by atoms with E-state index < -0.39 is 17.7 Å². The Hall–Kier alpha value is -4.35. The second-order valence-electron chi connectivity index (χ2n) is 6.44. The molecule has 31 heavy (non-hydrogen) atoms. The number of nitrogens with one attached hydrogen (secondary N) is 1. The topological polar surface area (TPSA) is 147 Å². The second kappa shape index (κ2) is 7.82. The molecule has 3 heterocycles. The molecule has 158 valence electrons. The van der Waals surface area contributed by atoms with Gasteiger partial charge in [0.1, 0.15) is 17.0 Å². The number of aromatic nitrogens is 5. The fourth-order valence-corrected chi connectivity index (χ4v) is 3.02. The second-order valence-corrected chi connectivity index (χ2v) is 6.44. The lowest BCUT2D eigenvalue weighted by molar-refractivity contribution is 0.203.